The predicted octanol–water partition coefficient (Wildman–Crippen LogP) is 3.25. The highest BCUT2D eigenvalue weighted by atomic mass is 31.2. The minimum atomic E-state index is -4.22. The topological polar surface area (TPSA) is 84.9 Å². The third-order valence-electron chi connectivity index (χ3n) is 3.03. The van der Waals surface area contributed by atoms with E-state index >= 15 is 0 Å². The first-order valence-electron chi connectivity index (χ1n) is 7.27. The smallest absolute Gasteiger partial charge is 0.456 e. The van der Waals surface area contributed by atoms with E-state index in [1.54, 1.807) is 32.0 Å². The summed E-state index contributed by atoms with van der Waals surface area (Å²) in [5, 5.41) is 3.89. The molecule has 0 radical (unpaired) electrons. The highest BCUT2D eigenvalue weighted by Gasteiger charge is 2.29. The zero-order valence-electron chi connectivity index (χ0n) is 13.2. The minimum Gasteiger partial charge on any atom is -0.462 e. The van der Waals surface area contributed by atoms with Crippen LogP contribution in [0.25, 0.3) is 10.8 Å². The zero-order valence-corrected chi connectivity index (χ0v) is 14.1. The average Bonchev–Trinajstić information content (AvgIpc) is 2.46. The molecule has 2 aromatic carbocycles. The third kappa shape index (κ3) is 4.79. The van der Waals surface area contributed by atoms with Gasteiger partial charge in [0.2, 0.25) is 0 Å². The Balaban J connectivity index is 2.14. The first-order chi connectivity index (χ1) is 10.8. The molecule has 0 heterocycles. The Hall–Kier alpha value is -1.88. The molecule has 2 rings (SSSR count). The molecule has 23 heavy (non-hydrogen) atoms. The molecule has 0 fully saturated rings. The molecule has 0 saturated carbocycles. The van der Waals surface area contributed by atoms with Crippen LogP contribution in [0.2, 0.25) is 0 Å². The van der Waals surface area contributed by atoms with Gasteiger partial charge in [0.15, 0.2) is 0 Å². The van der Waals surface area contributed by atoms with Crippen LogP contribution < -0.4 is 9.61 Å². The van der Waals surface area contributed by atoms with E-state index in [9.17, 15) is 14.3 Å². The summed E-state index contributed by atoms with van der Waals surface area (Å²) < 4.78 is 22.5. The van der Waals surface area contributed by atoms with Crippen molar-refractivity contribution >= 4 is 24.5 Å². The predicted molar refractivity (Wildman–Crippen MR) is 88.2 cm³/mol. The molecule has 2 N–H and O–H groups in total. The molecule has 2 aromatic rings. The SMILES string of the molecule is CC(C)OC(=O)[C@H](C)NP(=O)(O)Oc1cccc2ccccc12. The third-order valence-corrected chi connectivity index (χ3v) is 4.19. The molecular weight excluding hydrogens is 317 g/mol. The van der Waals surface area contributed by atoms with E-state index in [1.165, 1.54) is 6.92 Å². The van der Waals surface area contributed by atoms with E-state index in [0.717, 1.165) is 5.39 Å². The number of benzene rings is 2. The van der Waals surface area contributed by atoms with Crippen molar-refractivity contribution in [3.63, 3.8) is 0 Å². The van der Waals surface area contributed by atoms with Crippen molar-refractivity contribution in [3.8, 4) is 5.75 Å². The number of hydrogen-bond donors (Lipinski definition) is 2. The van der Waals surface area contributed by atoms with Crippen LogP contribution in [0.15, 0.2) is 42.5 Å². The Bertz CT molecular complexity index is 741. The lowest BCUT2D eigenvalue weighted by Gasteiger charge is -2.20. The number of nitrogens with one attached hydrogen (secondary N) is 1. The van der Waals surface area contributed by atoms with E-state index in [0.29, 0.717) is 5.39 Å². The fourth-order valence-corrected chi connectivity index (χ4v) is 3.14. The van der Waals surface area contributed by atoms with Gasteiger partial charge < -0.3 is 14.2 Å². The van der Waals surface area contributed by atoms with Gasteiger partial charge in [0, 0.05) is 5.39 Å². The Morgan fingerprint density at radius 1 is 1.13 bits per heavy atom. The fraction of sp³-hybridized carbons (Fsp3) is 0.312. The molecule has 0 aromatic heterocycles. The van der Waals surface area contributed by atoms with Crippen LogP contribution in [0.5, 0.6) is 5.75 Å². The normalized spacial score (nSPS) is 15.2. The Morgan fingerprint density at radius 2 is 1.78 bits per heavy atom. The first-order valence-corrected chi connectivity index (χ1v) is 8.85. The highest BCUT2D eigenvalue weighted by Crippen LogP contribution is 2.41. The molecule has 1 unspecified atom stereocenters. The Kier molecular flexibility index (Phi) is 5.42. The molecule has 2 atom stereocenters. The van der Waals surface area contributed by atoms with Crippen LogP contribution in [0.1, 0.15) is 20.8 Å². The summed E-state index contributed by atoms with van der Waals surface area (Å²) in [6.07, 6.45) is -0.302. The van der Waals surface area contributed by atoms with E-state index < -0.39 is 19.8 Å². The van der Waals surface area contributed by atoms with Crippen LogP contribution in [0, 0.1) is 0 Å². The van der Waals surface area contributed by atoms with Gasteiger partial charge in [-0.25, -0.2) is 4.57 Å². The second-order valence-electron chi connectivity index (χ2n) is 5.43. The zero-order chi connectivity index (χ0) is 17.0. The fourth-order valence-electron chi connectivity index (χ4n) is 2.07. The van der Waals surface area contributed by atoms with Gasteiger partial charge in [-0.05, 0) is 32.2 Å². The van der Waals surface area contributed by atoms with E-state index in [4.69, 9.17) is 9.26 Å². The molecule has 7 heteroatoms. The molecule has 0 aliphatic heterocycles. The van der Waals surface area contributed by atoms with Gasteiger partial charge in [-0.1, -0.05) is 36.4 Å². The van der Waals surface area contributed by atoms with Crippen molar-refractivity contribution in [1.29, 1.82) is 0 Å². The number of esters is 1. The molecule has 6 nitrogen and oxygen atoms in total. The molecule has 0 amide bonds. The summed E-state index contributed by atoms with van der Waals surface area (Å²) in [5.74, 6) is -0.346. The highest BCUT2D eigenvalue weighted by molar-refractivity contribution is 7.51. The summed E-state index contributed by atoms with van der Waals surface area (Å²) >= 11 is 0. The van der Waals surface area contributed by atoms with Gasteiger partial charge in [-0.3, -0.25) is 4.79 Å². The van der Waals surface area contributed by atoms with E-state index in [2.05, 4.69) is 5.09 Å². The number of carbonyl (C=O) groups excluding carboxylic acids is 1. The maximum absolute atomic E-state index is 12.2. The van der Waals surface area contributed by atoms with Crippen molar-refractivity contribution < 1.29 is 23.5 Å². The summed E-state index contributed by atoms with van der Waals surface area (Å²) in [5.41, 5.74) is 0. The number of ether oxygens (including phenoxy) is 1. The van der Waals surface area contributed by atoms with Crippen molar-refractivity contribution in [2.24, 2.45) is 0 Å². The van der Waals surface area contributed by atoms with Crippen LogP contribution in [0.3, 0.4) is 0 Å². The van der Waals surface area contributed by atoms with Crippen LogP contribution in [-0.2, 0) is 14.1 Å². The molecule has 0 aliphatic rings. The maximum Gasteiger partial charge on any atom is 0.456 e. The van der Waals surface area contributed by atoms with Crippen LogP contribution in [-0.4, -0.2) is 23.0 Å². The summed E-state index contributed by atoms with van der Waals surface area (Å²) in [6, 6.07) is 11.6. The van der Waals surface area contributed by atoms with Crippen molar-refractivity contribution in [2.45, 2.75) is 32.9 Å². The standard InChI is InChI=1S/C16H20NO5P/c1-11(2)21-16(18)12(3)17-23(19,20)22-15-10-6-8-13-7-4-5-9-14(13)15/h4-12H,1-3H3,(H2,17,19,20)/t12-/m0/s1. The molecule has 0 saturated heterocycles. The van der Waals surface area contributed by atoms with Gasteiger partial charge in [-0.15, -0.1) is 0 Å². The molecule has 0 bridgehead atoms. The molecule has 124 valence electrons. The van der Waals surface area contributed by atoms with E-state index in [1.807, 2.05) is 24.3 Å². The molecule has 0 spiro atoms. The summed E-state index contributed by atoms with van der Waals surface area (Å²) in [4.78, 5) is 21.7. The van der Waals surface area contributed by atoms with Crippen molar-refractivity contribution in [2.75, 3.05) is 0 Å². The van der Waals surface area contributed by atoms with Gasteiger partial charge in [0.05, 0.1) is 6.10 Å². The van der Waals surface area contributed by atoms with Crippen LogP contribution in [0.4, 0.5) is 0 Å². The van der Waals surface area contributed by atoms with Gasteiger partial charge >= 0.3 is 13.7 Å². The number of hydrogen-bond acceptors (Lipinski definition) is 4. The monoisotopic (exact) mass is 337 g/mol. The molecule has 0 aliphatic carbocycles. The average molecular weight is 337 g/mol. The second-order valence-corrected chi connectivity index (χ2v) is 6.91. The van der Waals surface area contributed by atoms with Crippen molar-refractivity contribution in [3.05, 3.63) is 42.5 Å². The van der Waals surface area contributed by atoms with Crippen molar-refractivity contribution in [1.82, 2.24) is 5.09 Å². The second kappa shape index (κ2) is 7.13. The van der Waals surface area contributed by atoms with Gasteiger partial charge in [-0.2, -0.15) is 5.09 Å². The molecular formula is C16H20NO5P. The lowest BCUT2D eigenvalue weighted by atomic mass is 10.1. The summed E-state index contributed by atoms with van der Waals surface area (Å²) in [7, 11) is -4.22. The maximum atomic E-state index is 12.2. The Morgan fingerprint density at radius 3 is 2.48 bits per heavy atom. The number of fused-ring (bicyclic) bond motifs is 1. The van der Waals surface area contributed by atoms with Crippen LogP contribution >= 0.6 is 7.75 Å². The van der Waals surface area contributed by atoms with Gasteiger partial charge in [0.25, 0.3) is 0 Å². The van der Waals surface area contributed by atoms with Gasteiger partial charge in [0.1, 0.15) is 11.8 Å². The lowest BCUT2D eigenvalue weighted by Crippen LogP contribution is -2.35. The number of carbonyl (C=O) groups is 1. The largest absolute Gasteiger partial charge is 0.462 e. The lowest BCUT2D eigenvalue weighted by molar-refractivity contribution is -0.149. The quantitative estimate of drug-likeness (QED) is 0.622. The first kappa shape index (κ1) is 17.5. The Labute approximate surface area is 135 Å². The number of rotatable bonds is 6. The summed E-state index contributed by atoms with van der Waals surface area (Å²) in [6.45, 7) is 4.85. The minimum absolute atomic E-state index is 0.269. The van der Waals surface area contributed by atoms with E-state index in [-0.39, 0.29) is 11.9 Å².